The molecule has 2 aromatic carbocycles. The fraction of sp³-hybridized carbons (Fsp3) is 0.409. The maximum atomic E-state index is 12.6. The third kappa shape index (κ3) is 3.59. The summed E-state index contributed by atoms with van der Waals surface area (Å²) < 4.78 is 16.6. The molecule has 1 N–H and O–H groups in total. The summed E-state index contributed by atoms with van der Waals surface area (Å²) in [5, 5.41) is 3.15. The van der Waals surface area contributed by atoms with Crippen LogP contribution in [0, 0.1) is 0 Å². The van der Waals surface area contributed by atoms with Gasteiger partial charge in [-0.15, -0.1) is 0 Å². The molecule has 0 aromatic heterocycles. The number of carbonyl (C=O) groups is 1. The Labute approximate surface area is 159 Å². The molecule has 1 amide bonds. The second-order valence-corrected chi connectivity index (χ2v) is 7.26. The van der Waals surface area contributed by atoms with Gasteiger partial charge in [0.15, 0.2) is 11.5 Å². The second kappa shape index (κ2) is 7.51. The second-order valence-electron chi connectivity index (χ2n) is 7.26. The molecule has 1 saturated carbocycles. The molecular weight excluding hydrogens is 342 g/mol. The van der Waals surface area contributed by atoms with E-state index in [-0.39, 0.29) is 11.3 Å². The average molecular weight is 367 g/mol. The molecule has 0 radical (unpaired) electrons. The highest BCUT2D eigenvalue weighted by atomic mass is 16.6. The molecule has 2 aliphatic rings. The highest BCUT2D eigenvalue weighted by Crippen LogP contribution is 2.43. The largest absolute Gasteiger partial charge is 0.497 e. The summed E-state index contributed by atoms with van der Waals surface area (Å²) in [5.74, 6) is 2.31. The van der Waals surface area contributed by atoms with E-state index in [0.29, 0.717) is 25.3 Å². The molecule has 4 rings (SSSR count). The zero-order chi connectivity index (χ0) is 18.7. The lowest BCUT2D eigenvalue weighted by Gasteiger charge is -2.31. The zero-order valence-electron chi connectivity index (χ0n) is 15.6. The average Bonchev–Trinajstić information content (AvgIpc) is 3.22. The maximum Gasteiger partial charge on any atom is 0.251 e. The fourth-order valence-electron chi connectivity index (χ4n) is 4.09. The molecule has 0 atom stereocenters. The Balaban J connectivity index is 1.51. The van der Waals surface area contributed by atoms with Crippen molar-refractivity contribution in [1.82, 2.24) is 5.32 Å². The molecule has 0 unspecified atom stereocenters. The first-order valence-corrected chi connectivity index (χ1v) is 9.53. The fourth-order valence-corrected chi connectivity index (χ4v) is 4.09. The highest BCUT2D eigenvalue weighted by molar-refractivity contribution is 5.94. The van der Waals surface area contributed by atoms with Crippen LogP contribution in [-0.4, -0.2) is 32.8 Å². The van der Waals surface area contributed by atoms with Gasteiger partial charge in [0, 0.05) is 17.5 Å². The van der Waals surface area contributed by atoms with E-state index in [9.17, 15) is 4.79 Å². The van der Waals surface area contributed by atoms with Gasteiger partial charge in [0.1, 0.15) is 19.0 Å². The monoisotopic (exact) mass is 367 g/mol. The number of rotatable bonds is 5. The van der Waals surface area contributed by atoms with Gasteiger partial charge in [-0.2, -0.15) is 0 Å². The Hall–Kier alpha value is -2.69. The minimum atomic E-state index is -0.0542. The van der Waals surface area contributed by atoms with Gasteiger partial charge >= 0.3 is 0 Å². The minimum Gasteiger partial charge on any atom is -0.497 e. The summed E-state index contributed by atoms with van der Waals surface area (Å²) >= 11 is 0. The van der Waals surface area contributed by atoms with Crippen molar-refractivity contribution in [1.29, 1.82) is 0 Å². The van der Waals surface area contributed by atoms with E-state index in [0.717, 1.165) is 30.1 Å². The summed E-state index contributed by atoms with van der Waals surface area (Å²) in [5.41, 5.74) is 1.82. The molecule has 5 heteroatoms. The third-order valence-electron chi connectivity index (χ3n) is 5.65. The van der Waals surface area contributed by atoms with Gasteiger partial charge in [-0.25, -0.2) is 0 Å². The molecule has 1 fully saturated rings. The normalized spacial score (nSPS) is 17.4. The topological polar surface area (TPSA) is 56.8 Å². The van der Waals surface area contributed by atoms with E-state index in [2.05, 4.69) is 17.4 Å². The van der Waals surface area contributed by atoms with Gasteiger partial charge < -0.3 is 19.5 Å². The highest BCUT2D eigenvalue weighted by Gasteiger charge is 2.36. The lowest BCUT2D eigenvalue weighted by atomic mass is 9.78. The Morgan fingerprint density at radius 2 is 1.74 bits per heavy atom. The summed E-state index contributed by atoms with van der Waals surface area (Å²) in [6.07, 6.45) is 4.48. The number of hydrogen-bond acceptors (Lipinski definition) is 4. The van der Waals surface area contributed by atoms with E-state index in [4.69, 9.17) is 14.2 Å². The number of carbonyl (C=O) groups excluding carboxylic acids is 1. The lowest BCUT2D eigenvalue weighted by molar-refractivity contribution is 0.0943. The number of methoxy groups -OCH3 is 1. The SMILES string of the molecule is COc1ccc(C(=O)NCC2(c3ccc4c(c3)OCCO4)CCCC2)cc1. The number of hydrogen-bond donors (Lipinski definition) is 1. The van der Waals surface area contributed by atoms with Crippen molar-refractivity contribution in [3.8, 4) is 17.2 Å². The van der Waals surface area contributed by atoms with E-state index in [1.54, 1.807) is 31.4 Å². The lowest BCUT2D eigenvalue weighted by Crippen LogP contribution is -2.39. The molecular formula is C22H25NO4. The van der Waals surface area contributed by atoms with Gasteiger partial charge in [-0.3, -0.25) is 4.79 Å². The van der Waals surface area contributed by atoms with Crippen LogP contribution in [0.15, 0.2) is 42.5 Å². The summed E-state index contributed by atoms with van der Waals surface area (Å²) in [6, 6.07) is 13.4. The van der Waals surface area contributed by atoms with Crippen molar-refractivity contribution < 1.29 is 19.0 Å². The van der Waals surface area contributed by atoms with Crippen LogP contribution in [0.2, 0.25) is 0 Å². The Bertz CT molecular complexity index is 810. The summed E-state index contributed by atoms with van der Waals surface area (Å²) in [4.78, 5) is 12.6. The molecule has 142 valence electrons. The van der Waals surface area contributed by atoms with Crippen molar-refractivity contribution in [2.75, 3.05) is 26.9 Å². The van der Waals surface area contributed by atoms with Crippen LogP contribution in [0.5, 0.6) is 17.2 Å². The molecule has 1 heterocycles. The van der Waals surface area contributed by atoms with E-state index >= 15 is 0 Å². The molecule has 0 bridgehead atoms. The number of benzene rings is 2. The van der Waals surface area contributed by atoms with Crippen molar-refractivity contribution >= 4 is 5.91 Å². The van der Waals surface area contributed by atoms with Crippen molar-refractivity contribution in [3.63, 3.8) is 0 Å². The number of ether oxygens (including phenoxy) is 3. The predicted octanol–water partition coefficient (Wildman–Crippen LogP) is 3.71. The van der Waals surface area contributed by atoms with Gasteiger partial charge in [0.25, 0.3) is 5.91 Å². The third-order valence-corrected chi connectivity index (χ3v) is 5.65. The van der Waals surface area contributed by atoms with Crippen molar-refractivity contribution in [2.45, 2.75) is 31.1 Å². The minimum absolute atomic E-state index is 0.0437. The standard InChI is InChI=1S/C22H25NO4/c1-25-18-7-4-16(5-8-18)21(24)23-15-22(10-2-3-11-22)17-6-9-19-20(14-17)27-13-12-26-19/h4-9,14H,2-3,10-13,15H2,1H3,(H,23,24). The quantitative estimate of drug-likeness (QED) is 0.875. The van der Waals surface area contributed by atoms with Crippen LogP contribution in [0.4, 0.5) is 0 Å². The Kier molecular flexibility index (Phi) is 4.92. The zero-order valence-corrected chi connectivity index (χ0v) is 15.6. The number of nitrogens with one attached hydrogen (secondary N) is 1. The van der Waals surface area contributed by atoms with Gasteiger partial charge in [0.05, 0.1) is 7.11 Å². The Morgan fingerprint density at radius 1 is 1.04 bits per heavy atom. The van der Waals surface area contributed by atoms with Gasteiger partial charge in [0.2, 0.25) is 0 Å². The molecule has 0 spiro atoms. The van der Waals surface area contributed by atoms with Gasteiger partial charge in [-0.1, -0.05) is 18.9 Å². The molecule has 5 nitrogen and oxygen atoms in total. The maximum absolute atomic E-state index is 12.6. The Morgan fingerprint density at radius 3 is 2.44 bits per heavy atom. The van der Waals surface area contributed by atoms with Crippen LogP contribution in [0.25, 0.3) is 0 Å². The number of amides is 1. The predicted molar refractivity (Wildman–Crippen MR) is 103 cm³/mol. The molecule has 0 saturated heterocycles. The van der Waals surface area contributed by atoms with Crippen LogP contribution >= 0.6 is 0 Å². The molecule has 2 aromatic rings. The van der Waals surface area contributed by atoms with Gasteiger partial charge in [-0.05, 0) is 54.8 Å². The first-order chi connectivity index (χ1) is 13.2. The van der Waals surface area contributed by atoms with E-state index < -0.39 is 0 Å². The molecule has 27 heavy (non-hydrogen) atoms. The van der Waals surface area contributed by atoms with E-state index in [1.165, 1.54) is 18.4 Å². The smallest absolute Gasteiger partial charge is 0.251 e. The van der Waals surface area contributed by atoms with Crippen molar-refractivity contribution in [2.24, 2.45) is 0 Å². The first kappa shape index (κ1) is 17.7. The van der Waals surface area contributed by atoms with Crippen LogP contribution < -0.4 is 19.5 Å². The number of fused-ring (bicyclic) bond motifs is 1. The van der Waals surface area contributed by atoms with Crippen LogP contribution in [0.1, 0.15) is 41.6 Å². The summed E-state index contributed by atoms with van der Waals surface area (Å²) in [6.45, 7) is 1.80. The van der Waals surface area contributed by atoms with Crippen molar-refractivity contribution in [3.05, 3.63) is 53.6 Å². The summed E-state index contributed by atoms with van der Waals surface area (Å²) in [7, 11) is 1.62. The first-order valence-electron chi connectivity index (χ1n) is 9.53. The molecule has 1 aliphatic heterocycles. The molecule has 1 aliphatic carbocycles. The van der Waals surface area contributed by atoms with Crippen LogP contribution in [0.3, 0.4) is 0 Å². The van der Waals surface area contributed by atoms with Crippen LogP contribution in [-0.2, 0) is 5.41 Å². The van der Waals surface area contributed by atoms with E-state index in [1.807, 2.05) is 6.07 Å².